The monoisotopic (exact) mass is 168 g/mol. The minimum absolute atomic E-state index is 0.436. The number of carbonyl (C=O) groups is 1. The van der Waals surface area contributed by atoms with Crippen LogP contribution in [0.1, 0.15) is 5.01 Å². The molecule has 7 heteroatoms. The van der Waals surface area contributed by atoms with Crippen LogP contribution in [0.4, 0.5) is 9.93 Å². The maximum absolute atomic E-state index is 10.6. The van der Waals surface area contributed by atoms with Crippen LogP contribution >= 0.6 is 11.3 Å². The summed E-state index contributed by atoms with van der Waals surface area (Å²) in [7, 11) is 4.82. The van der Waals surface area contributed by atoms with Crippen molar-refractivity contribution in [2.24, 2.45) is 0 Å². The highest BCUT2D eigenvalue weighted by atomic mass is 32.1. The number of urea groups is 1. The molecule has 0 unspecified atom stereocenters. The number of carbonyl (C=O) groups excluding carboxylic acids is 1. The van der Waals surface area contributed by atoms with Gasteiger partial charge in [-0.15, -0.1) is 10.2 Å². The number of aryl methyl sites for hydroxylation is 1. The second-order valence-electron chi connectivity index (χ2n) is 1.72. The van der Waals surface area contributed by atoms with Gasteiger partial charge in [0.2, 0.25) is 13.1 Å². The van der Waals surface area contributed by atoms with Crippen LogP contribution in [0.15, 0.2) is 0 Å². The summed E-state index contributed by atoms with van der Waals surface area (Å²) in [5, 5.41) is 12.9. The Kier molecular flexibility index (Phi) is 2.42. The van der Waals surface area contributed by atoms with Crippen LogP contribution in [0.5, 0.6) is 0 Å². The normalized spacial score (nSPS) is 9.18. The molecule has 1 rings (SSSR count). The van der Waals surface area contributed by atoms with Crippen molar-refractivity contribution >= 4 is 30.5 Å². The average Bonchev–Trinajstić information content (AvgIpc) is 2.35. The van der Waals surface area contributed by atoms with Gasteiger partial charge in [0.15, 0.2) is 0 Å². The van der Waals surface area contributed by atoms with Crippen molar-refractivity contribution < 1.29 is 4.79 Å². The molecule has 1 aromatic heterocycles. The van der Waals surface area contributed by atoms with Gasteiger partial charge >= 0.3 is 6.03 Å². The average molecular weight is 168 g/mol. The Bertz CT molecular complexity index is 262. The van der Waals surface area contributed by atoms with Gasteiger partial charge in [-0.25, -0.2) is 4.79 Å². The van der Waals surface area contributed by atoms with Gasteiger partial charge in [-0.05, 0) is 6.92 Å². The van der Waals surface area contributed by atoms with E-state index < -0.39 is 6.03 Å². The summed E-state index contributed by atoms with van der Waals surface area (Å²) in [5.41, 5.74) is 0. The van der Waals surface area contributed by atoms with E-state index in [2.05, 4.69) is 15.5 Å². The molecule has 0 saturated heterocycles. The lowest BCUT2D eigenvalue weighted by Gasteiger charge is -1.96. The number of nitrogens with one attached hydrogen (secondary N) is 2. The van der Waals surface area contributed by atoms with Gasteiger partial charge in [-0.3, -0.25) is 5.32 Å². The van der Waals surface area contributed by atoms with Gasteiger partial charge in [-0.2, -0.15) is 0 Å². The Hall–Kier alpha value is -1.11. The third-order valence-corrected chi connectivity index (χ3v) is 1.63. The first kappa shape index (κ1) is 8.00. The van der Waals surface area contributed by atoms with E-state index in [4.69, 9.17) is 7.98 Å². The Balaban J connectivity index is 2.57. The number of rotatable bonds is 1. The summed E-state index contributed by atoms with van der Waals surface area (Å²) in [6.07, 6.45) is 0. The standard InChI is InChI=1S/C4H5BN4OS/c1-2-8-9-4(11-2)6-3(10)7-5/h1H3,(H2,6,7,9,10). The lowest BCUT2D eigenvalue weighted by atomic mass is 10.4. The molecule has 0 fully saturated rings. The van der Waals surface area contributed by atoms with Crippen LogP contribution < -0.4 is 10.5 Å². The number of aromatic nitrogens is 2. The van der Waals surface area contributed by atoms with Gasteiger partial charge < -0.3 is 5.23 Å². The van der Waals surface area contributed by atoms with Crippen molar-refractivity contribution in [1.29, 1.82) is 0 Å². The molecule has 0 saturated carbocycles. The highest BCUT2D eigenvalue weighted by Crippen LogP contribution is 2.12. The fourth-order valence-electron chi connectivity index (χ4n) is 0.480. The first-order valence-electron chi connectivity index (χ1n) is 2.80. The molecular weight excluding hydrogens is 163 g/mol. The zero-order chi connectivity index (χ0) is 8.27. The van der Waals surface area contributed by atoms with E-state index in [1.807, 2.05) is 5.23 Å². The molecule has 2 amide bonds. The Morgan fingerprint density at radius 1 is 1.64 bits per heavy atom. The zero-order valence-corrected chi connectivity index (χ0v) is 6.60. The highest BCUT2D eigenvalue weighted by Gasteiger charge is 2.02. The summed E-state index contributed by atoms with van der Waals surface area (Å²) in [5.74, 6) is 0. The fourth-order valence-corrected chi connectivity index (χ4v) is 1.07. The predicted octanol–water partition coefficient (Wildman–Crippen LogP) is 0.0515. The molecule has 56 valence electrons. The number of nitrogens with zero attached hydrogens (tertiary/aromatic N) is 2. The number of hydrogen-bond donors (Lipinski definition) is 2. The van der Waals surface area contributed by atoms with Crippen molar-refractivity contribution in [1.82, 2.24) is 15.4 Å². The second-order valence-corrected chi connectivity index (χ2v) is 2.91. The van der Waals surface area contributed by atoms with Gasteiger partial charge in [0.1, 0.15) is 5.01 Å². The number of amides is 2. The van der Waals surface area contributed by atoms with Crippen molar-refractivity contribution in [3.63, 3.8) is 0 Å². The Morgan fingerprint density at radius 2 is 2.36 bits per heavy atom. The van der Waals surface area contributed by atoms with Crippen LogP contribution in [0.25, 0.3) is 0 Å². The van der Waals surface area contributed by atoms with E-state index in [0.717, 1.165) is 5.01 Å². The summed E-state index contributed by atoms with van der Waals surface area (Å²) >= 11 is 1.28. The van der Waals surface area contributed by atoms with Gasteiger partial charge in [0.05, 0.1) is 0 Å². The van der Waals surface area contributed by atoms with Crippen LogP contribution in [-0.4, -0.2) is 24.2 Å². The summed E-state index contributed by atoms with van der Waals surface area (Å²) < 4.78 is 0. The van der Waals surface area contributed by atoms with E-state index in [-0.39, 0.29) is 0 Å². The van der Waals surface area contributed by atoms with Crippen LogP contribution in [0.2, 0.25) is 0 Å². The largest absolute Gasteiger partial charge is 0.391 e. The van der Waals surface area contributed by atoms with E-state index in [9.17, 15) is 4.79 Å². The van der Waals surface area contributed by atoms with Gasteiger partial charge in [0, 0.05) is 0 Å². The van der Waals surface area contributed by atoms with E-state index in [1.54, 1.807) is 6.92 Å². The van der Waals surface area contributed by atoms with Crippen molar-refractivity contribution in [2.45, 2.75) is 6.92 Å². The maximum atomic E-state index is 10.6. The molecule has 0 atom stereocenters. The molecule has 0 aliphatic rings. The molecule has 2 radical (unpaired) electrons. The molecule has 0 bridgehead atoms. The molecule has 0 aliphatic heterocycles. The predicted molar refractivity (Wildman–Crippen MR) is 42.6 cm³/mol. The van der Waals surface area contributed by atoms with Gasteiger partial charge in [0.25, 0.3) is 0 Å². The van der Waals surface area contributed by atoms with Crippen LogP contribution in [0.3, 0.4) is 0 Å². The van der Waals surface area contributed by atoms with Crippen molar-refractivity contribution in [3.05, 3.63) is 5.01 Å². The quantitative estimate of drug-likeness (QED) is 0.582. The Morgan fingerprint density at radius 3 is 2.82 bits per heavy atom. The van der Waals surface area contributed by atoms with E-state index in [0.29, 0.717) is 5.13 Å². The summed E-state index contributed by atoms with van der Waals surface area (Å²) in [6.45, 7) is 1.79. The van der Waals surface area contributed by atoms with Gasteiger partial charge in [-0.1, -0.05) is 11.3 Å². The second kappa shape index (κ2) is 3.33. The summed E-state index contributed by atoms with van der Waals surface area (Å²) in [4.78, 5) is 10.6. The molecule has 0 aromatic carbocycles. The lowest BCUT2D eigenvalue weighted by Crippen LogP contribution is -2.25. The summed E-state index contributed by atoms with van der Waals surface area (Å²) in [6, 6.07) is -0.499. The molecule has 1 heterocycles. The first-order chi connectivity index (χ1) is 5.22. The molecule has 0 aliphatic carbocycles. The molecular formula is C4H5BN4OS. The third-order valence-electron chi connectivity index (χ3n) is 0.878. The van der Waals surface area contributed by atoms with Crippen molar-refractivity contribution in [2.75, 3.05) is 5.32 Å². The topological polar surface area (TPSA) is 66.9 Å². The molecule has 0 spiro atoms. The SMILES string of the molecule is [B]NC(=O)Nc1nnc(C)s1. The zero-order valence-electron chi connectivity index (χ0n) is 5.79. The van der Waals surface area contributed by atoms with Crippen molar-refractivity contribution in [3.8, 4) is 0 Å². The third kappa shape index (κ3) is 2.19. The molecule has 11 heavy (non-hydrogen) atoms. The number of hydrogen-bond acceptors (Lipinski definition) is 4. The molecule has 5 nitrogen and oxygen atoms in total. The molecule has 2 N–H and O–H groups in total. The van der Waals surface area contributed by atoms with Crippen LogP contribution in [0, 0.1) is 6.92 Å². The molecule has 1 aromatic rings. The van der Waals surface area contributed by atoms with E-state index >= 15 is 0 Å². The minimum Gasteiger partial charge on any atom is -0.391 e. The lowest BCUT2D eigenvalue weighted by molar-refractivity contribution is 0.256. The highest BCUT2D eigenvalue weighted by molar-refractivity contribution is 7.15. The maximum Gasteiger partial charge on any atom is 0.308 e. The fraction of sp³-hybridized carbons (Fsp3) is 0.250. The smallest absolute Gasteiger partial charge is 0.308 e. The number of anilines is 1. The Labute approximate surface area is 68.6 Å². The van der Waals surface area contributed by atoms with E-state index in [1.165, 1.54) is 11.3 Å². The first-order valence-corrected chi connectivity index (χ1v) is 3.61. The van der Waals surface area contributed by atoms with Crippen LogP contribution in [-0.2, 0) is 0 Å². The minimum atomic E-state index is -0.499.